The van der Waals surface area contributed by atoms with E-state index in [0.717, 1.165) is 0 Å². The Morgan fingerprint density at radius 1 is 1.69 bits per heavy atom. The van der Waals surface area contributed by atoms with E-state index in [1.807, 2.05) is 31.4 Å². The molecule has 0 radical (unpaired) electrons. The zero-order valence-corrected chi connectivity index (χ0v) is 9.23. The lowest BCUT2D eigenvalue weighted by molar-refractivity contribution is 0.0863. The number of hydrogen-bond donors (Lipinski definition) is 0. The molecule has 0 unspecified atom stereocenters. The monoisotopic (exact) mass is 217 g/mol. The molecule has 0 N–H and O–H groups in total. The summed E-state index contributed by atoms with van der Waals surface area (Å²) in [5.74, 6) is 0. The van der Waals surface area contributed by atoms with Crippen molar-refractivity contribution in [3.05, 3.63) is 22.4 Å². The van der Waals surface area contributed by atoms with Gasteiger partial charge in [-0.25, -0.2) is 0 Å². The molecule has 0 aliphatic rings. The molecule has 4 heteroatoms. The molecule has 1 aromatic rings. The van der Waals surface area contributed by atoms with E-state index < -0.39 is 0 Å². The summed E-state index contributed by atoms with van der Waals surface area (Å²) in [6, 6.07) is 4.02. The van der Waals surface area contributed by atoms with Crippen molar-refractivity contribution in [3.63, 3.8) is 0 Å². The number of thiophene rings is 1. The number of halogens is 1. The Kier molecular flexibility index (Phi) is 4.25. The molecule has 0 aliphatic carbocycles. The lowest BCUT2D eigenvalue weighted by atomic mass is 10.4. The van der Waals surface area contributed by atoms with Crippen LogP contribution in [0.3, 0.4) is 0 Å². The number of rotatable bonds is 4. The first-order valence-corrected chi connectivity index (χ1v) is 5.35. The van der Waals surface area contributed by atoms with E-state index in [0.29, 0.717) is 11.6 Å². The van der Waals surface area contributed by atoms with E-state index in [4.69, 9.17) is 16.4 Å². The van der Waals surface area contributed by atoms with E-state index >= 15 is 0 Å². The molecule has 0 aliphatic heterocycles. The van der Waals surface area contributed by atoms with Crippen LogP contribution in [-0.4, -0.2) is 11.3 Å². The average Bonchev–Trinajstić information content (AvgIpc) is 2.53. The molecule has 2 nitrogen and oxygen atoms in total. The third-order valence-electron chi connectivity index (χ3n) is 1.26. The molecule has 0 saturated heterocycles. The topological polar surface area (TPSA) is 21.6 Å². The van der Waals surface area contributed by atoms with Gasteiger partial charge in [0.2, 0.25) is 0 Å². The van der Waals surface area contributed by atoms with Crippen molar-refractivity contribution in [1.82, 2.24) is 0 Å². The van der Waals surface area contributed by atoms with Crippen LogP contribution in [0.15, 0.2) is 22.7 Å². The van der Waals surface area contributed by atoms with E-state index in [-0.39, 0.29) is 6.10 Å². The highest BCUT2D eigenvalue weighted by atomic mass is 35.5. The van der Waals surface area contributed by atoms with Gasteiger partial charge in [-0.05, 0) is 25.3 Å². The van der Waals surface area contributed by atoms with Crippen LogP contribution < -0.4 is 0 Å². The van der Waals surface area contributed by atoms with Crippen LogP contribution in [0.25, 0.3) is 0 Å². The SMILES string of the molecule is CC(C)ON=C(Cl)Cc1cccs1. The van der Waals surface area contributed by atoms with Crippen LogP contribution in [0.5, 0.6) is 0 Å². The summed E-state index contributed by atoms with van der Waals surface area (Å²) in [4.78, 5) is 6.21. The van der Waals surface area contributed by atoms with Crippen LogP contribution in [0.1, 0.15) is 18.7 Å². The molecule has 1 aromatic heterocycles. The minimum Gasteiger partial charge on any atom is -0.392 e. The first-order chi connectivity index (χ1) is 6.18. The van der Waals surface area contributed by atoms with Gasteiger partial charge in [0, 0.05) is 11.3 Å². The highest BCUT2D eigenvalue weighted by Crippen LogP contribution is 2.11. The van der Waals surface area contributed by atoms with Crippen molar-refractivity contribution in [3.8, 4) is 0 Å². The normalized spacial score (nSPS) is 12.2. The van der Waals surface area contributed by atoms with E-state index in [2.05, 4.69) is 5.16 Å². The number of hydrogen-bond acceptors (Lipinski definition) is 3. The molecule has 0 fully saturated rings. The average molecular weight is 218 g/mol. The van der Waals surface area contributed by atoms with Crippen LogP contribution in [0.4, 0.5) is 0 Å². The second-order valence-corrected chi connectivity index (χ2v) is 4.35. The Morgan fingerprint density at radius 3 is 3.00 bits per heavy atom. The zero-order valence-electron chi connectivity index (χ0n) is 7.66. The molecule has 0 bridgehead atoms. The Hall–Kier alpha value is -0.540. The van der Waals surface area contributed by atoms with Crippen molar-refractivity contribution in [1.29, 1.82) is 0 Å². The van der Waals surface area contributed by atoms with Crippen molar-refractivity contribution < 1.29 is 4.84 Å². The van der Waals surface area contributed by atoms with Gasteiger partial charge in [-0.3, -0.25) is 0 Å². The third kappa shape index (κ3) is 4.29. The smallest absolute Gasteiger partial charge is 0.150 e. The summed E-state index contributed by atoms with van der Waals surface area (Å²) >= 11 is 7.51. The fourth-order valence-electron chi connectivity index (χ4n) is 0.752. The largest absolute Gasteiger partial charge is 0.392 e. The number of oxime groups is 1. The van der Waals surface area contributed by atoms with Crippen molar-refractivity contribution in [2.24, 2.45) is 5.16 Å². The van der Waals surface area contributed by atoms with Gasteiger partial charge in [0.25, 0.3) is 0 Å². The fraction of sp³-hybridized carbons (Fsp3) is 0.444. The molecule has 0 aromatic carbocycles. The quantitative estimate of drug-likeness (QED) is 0.561. The summed E-state index contributed by atoms with van der Waals surface area (Å²) in [6.45, 7) is 3.83. The molecule has 0 spiro atoms. The van der Waals surface area contributed by atoms with Crippen molar-refractivity contribution in [2.75, 3.05) is 0 Å². The standard InChI is InChI=1S/C9H12ClNOS/c1-7(2)12-11-9(10)6-8-4-3-5-13-8/h3-5,7H,6H2,1-2H3. The van der Waals surface area contributed by atoms with Crippen LogP contribution in [0, 0.1) is 0 Å². The van der Waals surface area contributed by atoms with E-state index in [1.165, 1.54) is 4.88 Å². The van der Waals surface area contributed by atoms with Gasteiger partial charge in [-0.15, -0.1) is 11.3 Å². The lowest BCUT2D eigenvalue weighted by Crippen LogP contribution is -2.00. The Labute approximate surface area is 87.2 Å². The van der Waals surface area contributed by atoms with Crippen molar-refractivity contribution >= 4 is 28.1 Å². The van der Waals surface area contributed by atoms with Gasteiger partial charge in [-0.1, -0.05) is 22.8 Å². The molecule has 72 valence electrons. The van der Waals surface area contributed by atoms with Crippen LogP contribution in [-0.2, 0) is 11.3 Å². The van der Waals surface area contributed by atoms with Crippen LogP contribution in [0.2, 0.25) is 0 Å². The Bertz CT molecular complexity index is 269. The second kappa shape index (κ2) is 5.25. The van der Waals surface area contributed by atoms with Gasteiger partial charge in [0.05, 0.1) is 0 Å². The molecule has 1 rings (SSSR count). The predicted octanol–water partition coefficient (Wildman–Crippen LogP) is 3.27. The summed E-state index contributed by atoms with van der Waals surface area (Å²) < 4.78 is 0. The maximum atomic E-state index is 5.85. The first kappa shape index (κ1) is 10.5. The highest BCUT2D eigenvalue weighted by molar-refractivity contribution is 7.10. The lowest BCUT2D eigenvalue weighted by Gasteiger charge is -2.01. The summed E-state index contributed by atoms with van der Waals surface area (Å²) in [5.41, 5.74) is 0. The molecule has 0 saturated carbocycles. The van der Waals surface area contributed by atoms with Gasteiger partial charge in [0.15, 0.2) is 5.17 Å². The second-order valence-electron chi connectivity index (χ2n) is 2.88. The Morgan fingerprint density at radius 2 is 2.46 bits per heavy atom. The zero-order chi connectivity index (χ0) is 9.68. The van der Waals surface area contributed by atoms with Gasteiger partial charge >= 0.3 is 0 Å². The van der Waals surface area contributed by atoms with Crippen LogP contribution >= 0.6 is 22.9 Å². The van der Waals surface area contributed by atoms with Gasteiger partial charge < -0.3 is 4.84 Å². The number of nitrogens with zero attached hydrogens (tertiary/aromatic N) is 1. The van der Waals surface area contributed by atoms with Crippen molar-refractivity contribution in [2.45, 2.75) is 26.4 Å². The summed E-state index contributed by atoms with van der Waals surface area (Å²) in [5, 5.41) is 6.30. The fourth-order valence-corrected chi connectivity index (χ4v) is 1.72. The molecule has 13 heavy (non-hydrogen) atoms. The molecular formula is C9H12ClNOS. The van der Waals surface area contributed by atoms with E-state index in [9.17, 15) is 0 Å². The maximum absolute atomic E-state index is 5.85. The predicted molar refractivity (Wildman–Crippen MR) is 57.5 cm³/mol. The highest BCUT2D eigenvalue weighted by Gasteiger charge is 2.00. The minimum atomic E-state index is 0.0806. The maximum Gasteiger partial charge on any atom is 0.150 e. The summed E-state index contributed by atoms with van der Waals surface area (Å²) in [6.07, 6.45) is 0.739. The molecule has 0 atom stereocenters. The Balaban J connectivity index is 2.41. The molecular weight excluding hydrogens is 206 g/mol. The first-order valence-electron chi connectivity index (χ1n) is 4.09. The molecule has 0 amide bonds. The minimum absolute atomic E-state index is 0.0806. The van der Waals surface area contributed by atoms with E-state index in [1.54, 1.807) is 11.3 Å². The van der Waals surface area contributed by atoms with Gasteiger partial charge in [-0.2, -0.15) is 0 Å². The summed E-state index contributed by atoms with van der Waals surface area (Å²) in [7, 11) is 0. The molecule has 1 heterocycles. The van der Waals surface area contributed by atoms with Gasteiger partial charge in [0.1, 0.15) is 6.10 Å². The third-order valence-corrected chi connectivity index (χ3v) is 2.34.